The van der Waals surface area contributed by atoms with Crippen LogP contribution in [-0.4, -0.2) is 20.7 Å². The molecule has 0 fully saturated rings. The summed E-state index contributed by atoms with van der Waals surface area (Å²) in [4.78, 5) is 20.1. The lowest BCUT2D eigenvalue weighted by Gasteiger charge is -2.21. The summed E-state index contributed by atoms with van der Waals surface area (Å²) in [6.45, 7) is 6.55. The van der Waals surface area contributed by atoms with Gasteiger partial charge in [-0.1, -0.05) is 53.8 Å². The van der Waals surface area contributed by atoms with Crippen LogP contribution >= 0.6 is 11.3 Å². The SMILES string of the molecule is Cc1cccc2sc(N(Cc3ccccc3)C(=O)c3ccnn3C(C)C)nc12. The Morgan fingerprint density at radius 2 is 1.89 bits per heavy atom. The lowest BCUT2D eigenvalue weighted by molar-refractivity contribution is 0.0973. The number of nitrogens with zero attached hydrogens (tertiary/aromatic N) is 4. The predicted molar refractivity (Wildman–Crippen MR) is 114 cm³/mol. The van der Waals surface area contributed by atoms with Gasteiger partial charge in [0.25, 0.3) is 5.91 Å². The Bertz CT molecular complexity index is 1110. The summed E-state index contributed by atoms with van der Waals surface area (Å²) in [6.07, 6.45) is 1.68. The topological polar surface area (TPSA) is 51.0 Å². The first-order valence-electron chi connectivity index (χ1n) is 9.30. The summed E-state index contributed by atoms with van der Waals surface area (Å²) in [5.74, 6) is -0.0910. The number of carbonyl (C=O) groups excluding carboxylic acids is 1. The van der Waals surface area contributed by atoms with E-state index in [0.29, 0.717) is 17.4 Å². The molecule has 0 aliphatic heterocycles. The quantitative estimate of drug-likeness (QED) is 0.469. The van der Waals surface area contributed by atoms with E-state index in [1.54, 1.807) is 33.2 Å². The van der Waals surface area contributed by atoms with Crippen molar-refractivity contribution in [2.75, 3.05) is 4.90 Å². The summed E-state index contributed by atoms with van der Waals surface area (Å²) >= 11 is 1.54. The van der Waals surface area contributed by atoms with Gasteiger partial charge in [0.15, 0.2) is 5.13 Å². The number of aromatic nitrogens is 3. The highest BCUT2D eigenvalue weighted by Gasteiger charge is 2.25. The van der Waals surface area contributed by atoms with Crippen LogP contribution in [0.1, 0.15) is 41.5 Å². The number of fused-ring (bicyclic) bond motifs is 1. The molecule has 2 aromatic heterocycles. The van der Waals surface area contributed by atoms with Crippen molar-refractivity contribution in [1.82, 2.24) is 14.8 Å². The highest BCUT2D eigenvalue weighted by Crippen LogP contribution is 2.32. The van der Waals surface area contributed by atoms with Crippen LogP contribution in [-0.2, 0) is 6.54 Å². The van der Waals surface area contributed by atoms with Crippen molar-refractivity contribution in [3.05, 3.63) is 77.6 Å². The fourth-order valence-electron chi connectivity index (χ4n) is 3.22. The lowest BCUT2D eigenvalue weighted by atomic mass is 10.2. The molecular weight excluding hydrogens is 368 g/mol. The van der Waals surface area contributed by atoms with E-state index >= 15 is 0 Å². The van der Waals surface area contributed by atoms with Crippen molar-refractivity contribution in [2.24, 2.45) is 0 Å². The lowest BCUT2D eigenvalue weighted by Crippen LogP contribution is -2.32. The number of aryl methyl sites for hydroxylation is 1. The van der Waals surface area contributed by atoms with Crippen molar-refractivity contribution in [3.8, 4) is 0 Å². The van der Waals surface area contributed by atoms with E-state index in [1.807, 2.05) is 69.3 Å². The first-order chi connectivity index (χ1) is 13.5. The minimum atomic E-state index is -0.0910. The highest BCUT2D eigenvalue weighted by molar-refractivity contribution is 7.22. The Balaban J connectivity index is 1.80. The second-order valence-corrected chi connectivity index (χ2v) is 8.06. The van der Waals surface area contributed by atoms with E-state index in [1.165, 1.54) is 0 Å². The molecule has 0 saturated heterocycles. The summed E-state index contributed by atoms with van der Waals surface area (Å²) < 4.78 is 2.84. The van der Waals surface area contributed by atoms with E-state index in [4.69, 9.17) is 4.98 Å². The molecule has 4 rings (SSSR count). The largest absolute Gasteiger partial charge is 0.278 e. The summed E-state index contributed by atoms with van der Waals surface area (Å²) in [6, 6.07) is 18.0. The number of hydrogen-bond acceptors (Lipinski definition) is 4. The number of para-hydroxylation sites is 1. The van der Waals surface area contributed by atoms with Gasteiger partial charge in [0, 0.05) is 12.2 Å². The first kappa shape index (κ1) is 18.4. The van der Waals surface area contributed by atoms with Gasteiger partial charge < -0.3 is 0 Å². The van der Waals surface area contributed by atoms with Crippen LogP contribution < -0.4 is 4.90 Å². The predicted octanol–water partition coefficient (Wildman–Crippen LogP) is 5.23. The second kappa shape index (κ2) is 7.56. The Labute approximate surface area is 168 Å². The normalized spacial score (nSPS) is 11.3. The number of thiazole rings is 1. The van der Waals surface area contributed by atoms with Gasteiger partial charge in [-0.2, -0.15) is 5.10 Å². The van der Waals surface area contributed by atoms with Gasteiger partial charge in [-0.15, -0.1) is 0 Å². The van der Waals surface area contributed by atoms with E-state index in [2.05, 4.69) is 5.10 Å². The third kappa shape index (κ3) is 3.43. The standard InChI is InChI=1S/C22H22N4OS/c1-15(2)26-18(12-13-23-26)21(27)25(14-17-9-5-4-6-10-17)22-24-20-16(3)8-7-11-19(20)28-22/h4-13,15H,14H2,1-3H3. The summed E-state index contributed by atoms with van der Waals surface area (Å²) in [7, 11) is 0. The van der Waals surface area contributed by atoms with Crippen LogP contribution in [0.15, 0.2) is 60.8 Å². The molecule has 2 aromatic carbocycles. The third-order valence-electron chi connectivity index (χ3n) is 4.65. The molecule has 142 valence electrons. The molecule has 0 aliphatic carbocycles. The fraction of sp³-hybridized carbons (Fsp3) is 0.227. The molecule has 5 nitrogen and oxygen atoms in total. The Morgan fingerprint density at radius 1 is 1.11 bits per heavy atom. The van der Waals surface area contributed by atoms with Gasteiger partial charge in [-0.3, -0.25) is 14.4 Å². The van der Waals surface area contributed by atoms with Crippen LogP contribution in [0.3, 0.4) is 0 Å². The number of rotatable bonds is 5. The molecule has 0 saturated carbocycles. The molecule has 28 heavy (non-hydrogen) atoms. The van der Waals surface area contributed by atoms with Crippen LogP contribution in [0.25, 0.3) is 10.2 Å². The molecule has 0 spiro atoms. The van der Waals surface area contributed by atoms with E-state index in [-0.39, 0.29) is 11.9 Å². The van der Waals surface area contributed by atoms with Crippen molar-refractivity contribution >= 4 is 32.6 Å². The zero-order valence-electron chi connectivity index (χ0n) is 16.2. The Morgan fingerprint density at radius 3 is 2.61 bits per heavy atom. The Kier molecular flexibility index (Phi) is 4.96. The van der Waals surface area contributed by atoms with Crippen LogP contribution in [0.2, 0.25) is 0 Å². The van der Waals surface area contributed by atoms with Gasteiger partial charge in [0.1, 0.15) is 5.69 Å². The third-order valence-corrected chi connectivity index (χ3v) is 5.69. The van der Waals surface area contributed by atoms with Gasteiger partial charge in [0.05, 0.1) is 16.8 Å². The van der Waals surface area contributed by atoms with Crippen LogP contribution in [0.4, 0.5) is 5.13 Å². The number of amides is 1. The first-order valence-corrected chi connectivity index (χ1v) is 10.1. The van der Waals surface area contributed by atoms with Crippen molar-refractivity contribution in [3.63, 3.8) is 0 Å². The van der Waals surface area contributed by atoms with E-state index < -0.39 is 0 Å². The average Bonchev–Trinajstić information content (AvgIpc) is 3.34. The van der Waals surface area contributed by atoms with E-state index in [9.17, 15) is 4.79 Å². The maximum atomic E-state index is 13.5. The summed E-state index contributed by atoms with van der Waals surface area (Å²) in [5, 5.41) is 5.03. The molecule has 0 radical (unpaired) electrons. The highest BCUT2D eigenvalue weighted by atomic mass is 32.1. The number of hydrogen-bond donors (Lipinski definition) is 0. The van der Waals surface area contributed by atoms with Crippen LogP contribution in [0.5, 0.6) is 0 Å². The van der Waals surface area contributed by atoms with E-state index in [0.717, 1.165) is 21.3 Å². The second-order valence-electron chi connectivity index (χ2n) is 7.05. The molecule has 0 N–H and O–H groups in total. The zero-order valence-corrected chi connectivity index (χ0v) is 17.0. The monoisotopic (exact) mass is 390 g/mol. The zero-order chi connectivity index (χ0) is 19.7. The fourth-order valence-corrected chi connectivity index (χ4v) is 4.26. The number of anilines is 1. The molecule has 0 bridgehead atoms. The number of carbonyl (C=O) groups is 1. The molecule has 0 aliphatic rings. The van der Waals surface area contributed by atoms with Crippen molar-refractivity contribution in [1.29, 1.82) is 0 Å². The van der Waals surface area contributed by atoms with Gasteiger partial charge in [-0.25, -0.2) is 4.98 Å². The summed E-state index contributed by atoms with van der Waals surface area (Å²) in [5.41, 5.74) is 3.69. The molecule has 0 atom stereocenters. The molecule has 6 heteroatoms. The minimum Gasteiger partial charge on any atom is -0.278 e. The van der Waals surface area contributed by atoms with Gasteiger partial charge in [-0.05, 0) is 44.0 Å². The van der Waals surface area contributed by atoms with Gasteiger partial charge >= 0.3 is 0 Å². The van der Waals surface area contributed by atoms with Gasteiger partial charge in [0.2, 0.25) is 0 Å². The molecule has 1 amide bonds. The number of benzene rings is 2. The minimum absolute atomic E-state index is 0.0910. The molecule has 0 unspecified atom stereocenters. The molecular formula is C22H22N4OS. The average molecular weight is 391 g/mol. The molecule has 2 heterocycles. The van der Waals surface area contributed by atoms with Crippen LogP contribution in [0, 0.1) is 6.92 Å². The molecule has 4 aromatic rings. The van der Waals surface area contributed by atoms with Crippen molar-refractivity contribution < 1.29 is 4.79 Å². The maximum absolute atomic E-state index is 13.5. The smallest absolute Gasteiger partial charge is 0.278 e. The Hall–Kier alpha value is -2.99. The van der Waals surface area contributed by atoms with Crippen molar-refractivity contribution in [2.45, 2.75) is 33.4 Å². The maximum Gasteiger partial charge on any atom is 0.278 e.